The molecular formula is C27H32N6O5. The van der Waals surface area contributed by atoms with E-state index in [0.29, 0.717) is 69.7 Å². The Kier molecular flexibility index (Phi) is 7.02. The number of pyridine rings is 2. The maximum absolute atomic E-state index is 13.9. The largest absolute Gasteiger partial charge is 0.459 e. The Hall–Kier alpha value is -3.99. The summed E-state index contributed by atoms with van der Waals surface area (Å²) in [7, 11) is 0. The number of hydrogen-bond acceptors (Lipinski definition) is 7. The van der Waals surface area contributed by atoms with Crippen LogP contribution in [0, 0.1) is 6.92 Å². The molecule has 0 aliphatic carbocycles. The Bertz CT molecular complexity index is 1420. The average molecular weight is 521 g/mol. The number of nitrogens with zero attached hydrogens (tertiary/aromatic N) is 4. The van der Waals surface area contributed by atoms with Gasteiger partial charge >= 0.3 is 0 Å². The van der Waals surface area contributed by atoms with Gasteiger partial charge in [-0.15, -0.1) is 0 Å². The van der Waals surface area contributed by atoms with Gasteiger partial charge in [0.1, 0.15) is 16.7 Å². The summed E-state index contributed by atoms with van der Waals surface area (Å²) in [5, 5.41) is 6.59. The van der Waals surface area contributed by atoms with Crippen LogP contribution in [0.1, 0.15) is 46.4 Å². The molecule has 0 saturated carbocycles. The molecule has 0 spiro atoms. The van der Waals surface area contributed by atoms with Crippen LogP contribution in [0.3, 0.4) is 0 Å². The molecule has 5 rings (SSSR count). The topological polar surface area (TPSA) is 130 Å². The van der Waals surface area contributed by atoms with Crippen LogP contribution in [0.25, 0.3) is 11.0 Å². The third kappa shape index (κ3) is 4.69. The van der Waals surface area contributed by atoms with Gasteiger partial charge in [-0.25, -0.2) is 4.98 Å². The van der Waals surface area contributed by atoms with E-state index in [4.69, 9.17) is 4.42 Å². The number of carbonyl (C=O) groups excluding carboxylic acids is 3. The Labute approximate surface area is 219 Å². The molecular weight excluding hydrogens is 488 g/mol. The molecule has 3 aromatic heterocycles. The zero-order valence-electron chi connectivity index (χ0n) is 21.7. The molecule has 0 radical (unpaired) electrons. The second kappa shape index (κ2) is 10.4. The molecule has 2 fully saturated rings. The minimum atomic E-state index is -1.14. The van der Waals surface area contributed by atoms with E-state index in [1.807, 2.05) is 13.8 Å². The fourth-order valence-electron chi connectivity index (χ4n) is 5.26. The summed E-state index contributed by atoms with van der Waals surface area (Å²) in [6.45, 7) is 6.85. The van der Waals surface area contributed by atoms with E-state index in [2.05, 4.69) is 15.6 Å². The van der Waals surface area contributed by atoms with Gasteiger partial charge in [-0.2, -0.15) is 0 Å². The van der Waals surface area contributed by atoms with E-state index in [9.17, 15) is 19.2 Å². The highest BCUT2D eigenvalue weighted by atomic mass is 16.3. The first-order valence-corrected chi connectivity index (χ1v) is 13.0. The normalized spacial score (nSPS) is 17.4. The maximum atomic E-state index is 13.9. The molecule has 2 saturated heterocycles. The Morgan fingerprint density at radius 3 is 2.45 bits per heavy atom. The highest BCUT2D eigenvalue weighted by molar-refractivity contribution is 6.01. The summed E-state index contributed by atoms with van der Waals surface area (Å²) in [5.41, 5.74) is -0.245. The van der Waals surface area contributed by atoms with Gasteiger partial charge in [-0.05, 0) is 64.0 Å². The van der Waals surface area contributed by atoms with E-state index in [0.717, 1.165) is 5.69 Å². The molecule has 0 atom stereocenters. The molecule has 11 nitrogen and oxygen atoms in total. The van der Waals surface area contributed by atoms with Crippen LogP contribution in [0.4, 0.5) is 0 Å². The van der Waals surface area contributed by atoms with Gasteiger partial charge in [0.05, 0.1) is 11.6 Å². The Morgan fingerprint density at radius 1 is 1.08 bits per heavy atom. The molecule has 2 aliphatic rings. The number of aryl methyl sites for hydroxylation is 2. The SMILES string of the molecule is CCn1cc(C(=O)NC2(C(=O)N3CCN(C(=O)c4ccco4)CC3)CCNCC2)c(=O)c2ccc(C)nc21. The summed E-state index contributed by atoms with van der Waals surface area (Å²) in [5.74, 6) is -0.696. The van der Waals surface area contributed by atoms with E-state index >= 15 is 0 Å². The van der Waals surface area contributed by atoms with Crippen molar-refractivity contribution in [3.63, 3.8) is 0 Å². The van der Waals surface area contributed by atoms with Crippen molar-refractivity contribution in [1.82, 2.24) is 30.0 Å². The molecule has 3 amide bonds. The van der Waals surface area contributed by atoms with Crippen molar-refractivity contribution >= 4 is 28.8 Å². The monoisotopic (exact) mass is 520 g/mol. The van der Waals surface area contributed by atoms with E-state index < -0.39 is 16.9 Å². The van der Waals surface area contributed by atoms with E-state index in [-0.39, 0.29) is 23.1 Å². The molecule has 38 heavy (non-hydrogen) atoms. The number of nitrogens with one attached hydrogen (secondary N) is 2. The smallest absolute Gasteiger partial charge is 0.289 e. The van der Waals surface area contributed by atoms with E-state index in [1.54, 1.807) is 38.6 Å². The van der Waals surface area contributed by atoms with Crippen molar-refractivity contribution in [3.05, 3.63) is 64.0 Å². The molecule has 200 valence electrons. The maximum Gasteiger partial charge on any atom is 0.289 e. The Balaban J connectivity index is 1.37. The number of fused-ring (bicyclic) bond motifs is 1. The lowest BCUT2D eigenvalue weighted by Crippen LogP contribution is -2.65. The molecule has 2 aliphatic heterocycles. The zero-order valence-corrected chi connectivity index (χ0v) is 21.7. The highest BCUT2D eigenvalue weighted by Crippen LogP contribution is 2.24. The van der Waals surface area contributed by atoms with Crippen LogP contribution in [-0.4, -0.2) is 81.9 Å². The van der Waals surface area contributed by atoms with Crippen molar-refractivity contribution in [2.45, 2.75) is 38.8 Å². The highest BCUT2D eigenvalue weighted by Gasteiger charge is 2.44. The second-order valence-electron chi connectivity index (χ2n) is 9.83. The number of aromatic nitrogens is 2. The minimum Gasteiger partial charge on any atom is -0.459 e. The second-order valence-corrected chi connectivity index (χ2v) is 9.83. The van der Waals surface area contributed by atoms with Crippen LogP contribution in [0.2, 0.25) is 0 Å². The van der Waals surface area contributed by atoms with E-state index in [1.165, 1.54) is 12.5 Å². The predicted molar refractivity (Wildman–Crippen MR) is 140 cm³/mol. The number of furan rings is 1. The molecule has 2 N–H and O–H groups in total. The molecule has 11 heteroatoms. The molecule has 0 bridgehead atoms. The van der Waals surface area contributed by atoms with Crippen LogP contribution >= 0.6 is 0 Å². The standard InChI is InChI=1S/C27H32N6O5/c1-3-31-17-20(22(34)19-7-6-18(2)29-23(19)31)24(35)30-27(8-10-28-11-9-27)26(37)33-14-12-32(13-15-33)25(36)21-5-4-16-38-21/h4-7,16-17,28H,3,8-15H2,1-2H3,(H,30,35). The number of amides is 3. The first-order chi connectivity index (χ1) is 18.3. The number of piperazine rings is 1. The first-order valence-electron chi connectivity index (χ1n) is 13.0. The third-order valence-electron chi connectivity index (χ3n) is 7.45. The summed E-state index contributed by atoms with van der Waals surface area (Å²) in [6.07, 6.45) is 3.79. The average Bonchev–Trinajstić information content (AvgIpc) is 3.48. The minimum absolute atomic E-state index is 0.00965. The number of piperidine rings is 1. The lowest BCUT2D eigenvalue weighted by molar-refractivity contribution is -0.140. The molecule has 0 aromatic carbocycles. The third-order valence-corrected chi connectivity index (χ3v) is 7.45. The van der Waals surface area contributed by atoms with Crippen molar-refractivity contribution in [1.29, 1.82) is 0 Å². The van der Waals surface area contributed by atoms with Crippen molar-refractivity contribution in [3.8, 4) is 0 Å². The molecule has 0 unspecified atom stereocenters. The summed E-state index contributed by atoms with van der Waals surface area (Å²) in [6, 6.07) is 6.73. The van der Waals surface area contributed by atoms with Crippen LogP contribution in [0.5, 0.6) is 0 Å². The lowest BCUT2D eigenvalue weighted by atomic mass is 9.86. The quantitative estimate of drug-likeness (QED) is 0.516. The van der Waals surface area contributed by atoms with Crippen LogP contribution in [0.15, 0.2) is 45.9 Å². The summed E-state index contributed by atoms with van der Waals surface area (Å²) in [4.78, 5) is 61.2. The number of hydrogen-bond donors (Lipinski definition) is 2. The Morgan fingerprint density at radius 2 is 1.79 bits per heavy atom. The van der Waals surface area contributed by atoms with Gasteiger partial charge in [-0.3, -0.25) is 19.2 Å². The van der Waals surface area contributed by atoms with Gasteiger partial charge in [0.15, 0.2) is 5.76 Å². The van der Waals surface area contributed by atoms with Crippen molar-refractivity contribution in [2.24, 2.45) is 0 Å². The summed E-state index contributed by atoms with van der Waals surface area (Å²) >= 11 is 0. The van der Waals surface area contributed by atoms with Gasteiger partial charge < -0.3 is 29.4 Å². The van der Waals surface area contributed by atoms with Gasteiger partial charge in [0.25, 0.3) is 11.8 Å². The predicted octanol–water partition coefficient (Wildman–Crippen LogP) is 1.15. The fourth-order valence-corrected chi connectivity index (χ4v) is 5.26. The van der Waals surface area contributed by atoms with Gasteiger partial charge in [-0.1, -0.05) is 0 Å². The fraction of sp³-hybridized carbons (Fsp3) is 0.444. The lowest BCUT2D eigenvalue weighted by Gasteiger charge is -2.43. The molecule has 5 heterocycles. The molecule has 3 aromatic rings. The van der Waals surface area contributed by atoms with Crippen molar-refractivity contribution < 1.29 is 18.8 Å². The zero-order chi connectivity index (χ0) is 26.9. The van der Waals surface area contributed by atoms with Gasteiger partial charge in [0, 0.05) is 44.6 Å². The van der Waals surface area contributed by atoms with Crippen LogP contribution < -0.4 is 16.1 Å². The van der Waals surface area contributed by atoms with Gasteiger partial charge in [0.2, 0.25) is 11.3 Å². The summed E-state index contributed by atoms with van der Waals surface area (Å²) < 4.78 is 7.00. The van der Waals surface area contributed by atoms with Crippen LogP contribution in [-0.2, 0) is 11.3 Å². The number of rotatable bonds is 5. The number of carbonyl (C=O) groups is 3. The van der Waals surface area contributed by atoms with Crippen molar-refractivity contribution in [2.75, 3.05) is 39.3 Å². The first kappa shape index (κ1) is 25.7.